The van der Waals surface area contributed by atoms with Crippen molar-refractivity contribution in [1.82, 2.24) is 0 Å². The molecule has 0 aliphatic heterocycles. The van der Waals surface area contributed by atoms with Gasteiger partial charge in [-0.1, -0.05) is 47.5 Å². The summed E-state index contributed by atoms with van der Waals surface area (Å²) in [4.78, 5) is 11.1. The van der Waals surface area contributed by atoms with Gasteiger partial charge in [-0.15, -0.1) is 0 Å². The largest absolute Gasteiger partial charge is 0.481 e. The molecule has 30 heavy (non-hydrogen) atoms. The molecule has 0 amide bonds. The number of hydrogen-bond acceptors (Lipinski definition) is 2. The van der Waals surface area contributed by atoms with E-state index in [2.05, 4.69) is 34.6 Å². The number of carboxylic acids is 1. The quantitative estimate of drug-likeness (QED) is 0.544. The van der Waals surface area contributed by atoms with Gasteiger partial charge in [0.1, 0.15) is 0 Å². The zero-order chi connectivity index (χ0) is 21.8. The Kier molecular flexibility index (Phi) is 6.10. The van der Waals surface area contributed by atoms with Gasteiger partial charge < -0.3 is 10.2 Å². The van der Waals surface area contributed by atoms with Gasteiger partial charge in [0.2, 0.25) is 0 Å². The molecule has 0 saturated heterocycles. The fourth-order valence-electron chi connectivity index (χ4n) is 9.71. The van der Waals surface area contributed by atoms with Gasteiger partial charge in [-0.3, -0.25) is 4.79 Å². The highest BCUT2D eigenvalue weighted by Crippen LogP contribution is 2.69. The van der Waals surface area contributed by atoms with Gasteiger partial charge in [-0.05, 0) is 103 Å². The van der Waals surface area contributed by atoms with Crippen LogP contribution in [0.4, 0.5) is 0 Å². The molecule has 11 atom stereocenters. The van der Waals surface area contributed by atoms with E-state index in [0.717, 1.165) is 18.8 Å². The van der Waals surface area contributed by atoms with Crippen molar-refractivity contribution in [2.45, 2.75) is 105 Å². The molecule has 4 rings (SSSR count). The van der Waals surface area contributed by atoms with Crippen molar-refractivity contribution >= 4 is 5.97 Å². The van der Waals surface area contributed by atoms with Crippen LogP contribution in [-0.4, -0.2) is 22.3 Å². The van der Waals surface area contributed by atoms with E-state index < -0.39 is 5.97 Å². The first-order valence-electron chi connectivity index (χ1n) is 13.0. The van der Waals surface area contributed by atoms with Gasteiger partial charge >= 0.3 is 5.97 Å². The first-order valence-corrected chi connectivity index (χ1v) is 13.0. The first-order chi connectivity index (χ1) is 14.1. The molecule has 4 aliphatic carbocycles. The lowest BCUT2D eigenvalue weighted by Gasteiger charge is -2.65. The van der Waals surface area contributed by atoms with E-state index in [1.54, 1.807) is 0 Å². The van der Waals surface area contributed by atoms with Crippen molar-refractivity contribution < 1.29 is 15.0 Å². The summed E-state index contributed by atoms with van der Waals surface area (Å²) in [5.41, 5.74) is 0.689. The molecule has 0 aromatic rings. The Morgan fingerprint density at radius 1 is 1.03 bits per heavy atom. The topological polar surface area (TPSA) is 57.5 Å². The van der Waals surface area contributed by atoms with E-state index in [1.165, 1.54) is 44.9 Å². The smallest absolute Gasteiger partial charge is 0.303 e. The standard InChI is InChI=1S/C27H46O3/c1-6-18-22-15-16(2)11-13-27(22,5)21-12-14-26(4)19(17(3)7-10-23(28)29)8-9-20(26)24(21)25(18)30/h16-22,24-25,30H,6-15H2,1-5H3,(H,28,29)/t16-,17-,18-,19-,20+,21+,22+,24+,25-,26-,27-/m1/s1. The number of hydrogen-bond donors (Lipinski definition) is 2. The van der Waals surface area contributed by atoms with Gasteiger partial charge in [0, 0.05) is 6.42 Å². The zero-order valence-corrected chi connectivity index (χ0v) is 20.1. The van der Waals surface area contributed by atoms with Gasteiger partial charge in [-0.2, -0.15) is 0 Å². The summed E-state index contributed by atoms with van der Waals surface area (Å²) >= 11 is 0. The van der Waals surface area contributed by atoms with Gasteiger partial charge in [0.15, 0.2) is 0 Å². The van der Waals surface area contributed by atoms with Crippen LogP contribution in [0.5, 0.6) is 0 Å². The maximum atomic E-state index is 11.8. The van der Waals surface area contributed by atoms with Crippen molar-refractivity contribution in [2.24, 2.45) is 58.2 Å². The molecule has 0 aromatic carbocycles. The predicted molar refractivity (Wildman–Crippen MR) is 121 cm³/mol. The molecular formula is C27H46O3. The third kappa shape index (κ3) is 3.37. The minimum Gasteiger partial charge on any atom is -0.481 e. The second kappa shape index (κ2) is 8.09. The second-order valence-electron chi connectivity index (χ2n) is 12.5. The van der Waals surface area contributed by atoms with Crippen LogP contribution < -0.4 is 0 Å². The third-order valence-electron chi connectivity index (χ3n) is 11.3. The molecule has 4 aliphatic rings. The molecule has 3 nitrogen and oxygen atoms in total. The van der Waals surface area contributed by atoms with E-state index in [1.807, 2.05) is 0 Å². The highest BCUT2D eigenvalue weighted by Gasteiger charge is 2.64. The van der Waals surface area contributed by atoms with Gasteiger partial charge in [-0.25, -0.2) is 0 Å². The minimum atomic E-state index is -0.663. The summed E-state index contributed by atoms with van der Waals surface area (Å²) in [5.74, 6) is 4.14. The second-order valence-corrected chi connectivity index (χ2v) is 12.5. The summed E-state index contributed by atoms with van der Waals surface area (Å²) in [6, 6.07) is 0. The van der Waals surface area contributed by atoms with Crippen molar-refractivity contribution in [2.75, 3.05) is 0 Å². The summed E-state index contributed by atoms with van der Waals surface area (Å²) in [5, 5.41) is 21.0. The number of carboxylic acid groups (broad SMARTS) is 1. The number of rotatable bonds is 5. The minimum absolute atomic E-state index is 0.138. The molecule has 0 unspecified atom stereocenters. The number of aliphatic carboxylic acids is 1. The van der Waals surface area contributed by atoms with E-state index in [0.29, 0.717) is 53.3 Å². The molecule has 3 heteroatoms. The fraction of sp³-hybridized carbons (Fsp3) is 0.963. The van der Waals surface area contributed by atoms with Crippen molar-refractivity contribution in [1.29, 1.82) is 0 Å². The van der Waals surface area contributed by atoms with Crippen LogP contribution in [0.1, 0.15) is 98.8 Å². The van der Waals surface area contributed by atoms with Crippen LogP contribution in [0.25, 0.3) is 0 Å². The molecule has 0 heterocycles. The van der Waals surface area contributed by atoms with Gasteiger partial charge in [0.05, 0.1) is 6.10 Å². The summed E-state index contributed by atoms with van der Waals surface area (Å²) in [6.07, 6.45) is 11.1. The SMILES string of the molecule is CC[C@H]1[C@@H](O)[C@@H]2[C@H](CC[C@]3(C)[C@@H]([C@H](C)CCC(=O)O)CC[C@@H]23)[C@@]2(C)CC[C@@H](C)C[C@@H]12. The molecule has 0 radical (unpaired) electrons. The average Bonchev–Trinajstić information content (AvgIpc) is 3.05. The number of aliphatic hydroxyl groups excluding tert-OH is 1. The monoisotopic (exact) mass is 418 g/mol. The Morgan fingerprint density at radius 3 is 2.37 bits per heavy atom. The number of carbonyl (C=O) groups is 1. The predicted octanol–water partition coefficient (Wildman–Crippen LogP) is 6.39. The summed E-state index contributed by atoms with van der Waals surface area (Å²) < 4.78 is 0. The molecule has 4 fully saturated rings. The summed E-state index contributed by atoms with van der Waals surface area (Å²) in [7, 11) is 0. The Balaban J connectivity index is 1.61. The van der Waals surface area contributed by atoms with Crippen LogP contribution in [0.2, 0.25) is 0 Å². The van der Waals surface area contributed by atoms with Crippen LogP contribution in [0.15, 0.2) is 0 Å². The molecule has 172 valence electrons. The van der Waals surface area contributed by atoms with E-state index in [9.17, 15) is 15.0 Å². The lowest BCUT2D eigenvalue weighted by Crippen LogP contribution is -2.61. The van der Waals surface area contributed by atoms with Crippen LogP contribution in [-0.2, 0) is 4.79 Å². The van der Waals surface area contributed by atoms with E-state index in [-0.39, 0.29) is 11.5 Å². The molecule has 2 N–H and O–H groups in total. The zero-order valence-electron chi connectivity index (χ0n) is 20.1. The molecule has 0 bridgehead atoms. The lowest BCUT2D eigenvalue weighted by atomic mass is 9.41. The molecule has 4 saturated carbocycles. The van der Waals surface area contributed by atoms with Crippen molar-refractivity contribution in [3.05, 3.63) is 0 Å². The summed E-state index contributed by atoms with van der Waals surface area (Å²) in [6.45, 7) is 12.1. The Bertz CT molecular complexity index is 646. The van der Waals surface area contributed by atoms with Crippen LogP contribution in [0, 0.1) is 58.2 Å². The average molecular weight is 419 g/mol. The van der Waals surface area contributed by atoms with Crippen molar-refractivity contribution in [3.8, 4) is 0 Å². The van der Waals surface area contributed by atoms with Gasteiger partial charge in [0.25, 0.3) is 0 Å². The number of aliphatic hydroxyl groups is 1. The first kappa shape index (κ1) is 22.6. The van der Waals surface area contributed by atoms with Crippen LogP contribution >= 0.6 is 0 Å². The van der Waals surface area contributed by atoms with E-state index in [4.69, 9.17) is 0 Å². The van der Waals surface area contributed by atoms with E-state index >= 15 is 0 Å². The Hall–Kier alpha value is -0.570. The van der Waals surface area contributed by atoms with Crippen molar-refractivity contribution in [3.63, 3.8) is 0 Å². The maximum Gasteiger partial charge on any atom is 0.303 e. The third-order valence-corrected chi connectivity index (χ3v) is 11.3. The highest BCUT2D eigenvalue weighted by molar-refractivity contribution is 5.66. The molecule has 0 spiro atoms. The molecular weight excluding hydrogens is 372 g/mol. The van der Waals surface area contributed by atoms with Crippen LogP contribution in [0.3, 0.4) is 0 Å². The normalized spacial score (nSPS) is 51.5. The fourth-order valence-corrected chi connectivity index (χ4v) is 9.71. The number of fused-ring (bicyclic) bond motifs is 5. The highest BCUT2D eigenvalue weighted by atomic mass is 16.4. The molecule has 0 aromatic heterocycles. The Labute approximate surface area is 184 Å². The Morgan fingerprint density at radius 2 is 1.70 bits per heavy atom. The lowest BCUT2D eigenvalue weighted by molar-refractivity contribution is -0.198. The maximum absolute atomic E-state index is 11.8.